The lowest BCUT2D eigenvalue weighted by Crippen LogP contribution is -2.12. The number of pyridine rings is 4. The van der Waals surface area contributed by atoms with Crippen molar-refractivity contribution in [3.8, 4) is 62.4 Å². The van der Waals surface area contributed by atoms with E-state index in [1.807, 2.05) is 128 Å². The molecule has 6 heterocycles. The lowest BCUT2D eigenvalue weighted by molar-refractivity contribution is 0.953. The summed E-state index contributed by atoms with van der Waals surface area (Å²) in [6.45, 7) is 0. The van der Waals surface area contributed by atoms with Gasteiger partial charge in [0.05, 0.1) is 33.5 Å². The van der Waals surface area contributed by atoms with Gasteiger partial charge in [-0.2, -0.15) is 9.97 Å². The quantitative estimate of drug-likeness (QED) is 0.142. The Balaban J connectivity index is 1.03. The molecule has 12 aromatic rings. The summed E-state index contributed by atoms with van der Waals surface area (Å²) in [5.74, 6) is 2.44. The second-order valence-corrected chi connectivity index (χ2v) is 15.9. The van der Waals surface area contributed by atoms with E-state index in [1.54, 1.807) is 0 Å². The highest BCUT2D eigenvalue weighted by atomic mass is 15.2. The minimum atomic E-state index is 0.509. The third kappa shape index (κ3) is 7.16. The van der Waals surface area contributed by atoms with E-state index in [0.29, 0.717) is 17.6 Å². The lowest BCUT2D eigenvalue weighted by atomic mass is 10.0. The highest BCUT2D eigenvalue weighted by Crippen LogP contribution is 2.40. The van der Waals surface area contributed by atoms with Crippen molar-refractivity contribution in [2.24, 2.45) is 0 Å². The second kappa shape index (κ2) is 16.5. The molecule has 9 nitrogen and oxygen atoms in total. The molecule has 6 aromatic carbocycles. The fraction of sp³-hybridized carbons (Fsp3) is 0. The van der Waals surface area contributed by atoms with Crippen LogP contribution < -0.4 is 4.90 Å². The third-order valence-corrected chi connectivity index (χ3v) is 11.8. The molecule has 0 spiro atoms. The van der Waals surface area contributed by atoms with Gasteiger partial charge in [-0.25, -0.2) is 15.0 Å². The first-order valence-electron chi connectivity index (χ1n) is 21.7. The SMILES string of the molecule is c1ccc(-c2nc(-c3ccccc3)nc(-n3c4ccc(-c5ccnc(N(c6cccc(-c7ccccn7)c6)c6cccc(-c7ccccn7)c6)c5)cc4c4nc5ccccc5cc43)n2)cc1. The van der Waals surface area contributed by atoms with Gasteiger partial charge >= 0.3 is 0 Å². The van der Waals surface area contributed by atoms with Crippen molar-refractivity contribution in [1.29, 1.82) is 0 Å². The van der Waals surface area contributed by atoms with Gasteiger partial charge in [0, 0.05) is 63.0 Å². The van der Waals surface area contributed by atoms with Crippen molar-refractivity contribution >= 4 is 50.0 Å². The Bertz CT molecular complexity index is 3570. The Labute approximate surface area is 380 Å². The Hall–Kier alpha value is -9.21. The van der Waals surface area contributed by atoms with E-state index in [0.717, 1.165) is 94.8 Å². The van der Waals surface area contributed by atoms with E-state index < -0.39 is 0 Å². The molecule has 0 aliphatic carbocycles. The van der Waals surface area contributed by atoms with E-state index in [2.05, 4.69) is 116 Å². The van der Waals surface area contributed by atoms with Crippen molar-refractivity contribution in [2.45, 2.75) is 0 Å². The highest BCUT2D eigenvalue weighted by molar-refractivity contribution is 6.11. The zero-order valence-electron chi connectivity index (χ0n) is 35.4. The molecule has 310 valence electrons. The first kappa shape index (κ1) is 38.5. The molecule has 6 aromatic heterocycles. The van der Waals surface area contributed by atoms with Crippen LogP contribution in [0.15, 0.2) is 225 Å². The molecule has 0 radical (unpaired) electrons. The summed E-state index contributed by atoms with van der Waals surface area (Å²) in [6, 6.07) is 70.0. The molecule has 0 fully saturated rings. The van der Waals surface area contributed by atoms with E-state index >= 15 is 0 Å². The van der Waals surface area contributed by atoms with E-state index in [9.17, 15) is 0 Å². The molecule has 12 rings (SSSR count). The van der Waals surface area contributed by atoms with Crippen LogP contribution in [0.1, 0.15) is 0 Å². The minimum absolute atomic E-state index is 0.509. The van der Waals surface area contributed by atoms with Crippen LogP contribution in [0.4, 0.5) is 17.2 Å². The predicted octanol–water partition coefficient (Wildman–Crippen LogP) is 13.5. The average molecular weight is 848 g/mol. The van der Waals surface area contributed by atoms with Gasteiger partial charge < -0.3 is 0 Å². The van der Waals surface area contributed by atoms with Crippen LogP contribution in [0.2, 0.25) is 0 Å². The maximum atomic E-state index is 5.32. The van der Waals surface area contributed by atoms with Gasteiger partial charge in [0.15, 0.2) is 11.6 Å². The number of hydrogen-bond acceptors (Lipinski definition) is 8. The van der Waals surface area contributed by atoms with E-state index in [1.165, 1.54) is 0 Å². The Morgan fingerprint density at radius 1 is 0.364 bits per heavy atom. The zero-order chi connectivity index (χ0) is 43.8. The second-order valence-electron chi connectivity index (χ2n) is 15.9. The molecule has 0 unspecified atom stereocenters. The van der Waals surface area contributed by atoms with Crippen LogP contribution in [0, 0.1) is 0 Å². The third-order valence-electron chi connectivity index (χ3n) is 11.8. The Kier molecular flexibility index (Phi) is 9.61. The Morgan fingerprint density at radius 2 is 0.955 bits per heavy atom. The molecule has 66 heavy (non-hydrogen) atoms. The number of rotatable bonds is 9. The normalized spacial score (nSPS) is 11.3. The standard InChI is InChI=1S/C57H37N9/c1-3-15-38(16-4-1)55-62-56(39-17-5-2-6-18-39)64-57(63-55)66-51-28-27-40(35-47(51)54-52(66)36-44-19-7-8-26-50(44)61-54)41-29-32-60-53(37-41)65(45-22-13-20-42(33-45)48-24-9-11-30-58-48)46-23-14-21-43(34-46)49-25-10-12-31-59-49/h1-37H. The smallest absolute Gasteiger partial charge is 0.238 e. The number of anilines is 3. The van der Waals surface area contributed by atoms with Crippen LogP contribution in [0.5, 0.6) is 0 Å². The number of aromatic nitrogens is 8. The number of benzene rings is 6. The molecule has 9 heteroatoms. The molecule has 0 saturated heterocycles. The minimum Gasteiger partial charge on any atom is -0.295 e. The summed E-state index contributed by atoms with van der Waals surface area (Å²) in [6.07, 6.45) is 5.52. The van der Waals surface area contributed by atoms with Gasteiger partial charge in [0.25, 0.3) is 0 Å². The summed E-state index contributed by atoms with van der Waals surface area (Å²) in [4.78, 5) is 37.2. The fourth-order valence-electron chi connectivity index (χ4n) is 8.63. The van der Waals surface area contributed by atoms with Crippen molar-refractivity contribution < 1.29 is 0 Å². The molecule has 0 atom stereocenters. The maximum absolute atomic E-state index is 5.32. The molecule has 0 aliphatic heterocycles. The van der Waals surface area contributed by atoms with Gasteiger partial charge in [0.1, 0.15) is 5.82 Å². The monoisotopic (exact) mass is 847 g/mol. The largest absolute Gasteiger partial charge is 0.295 e. The molecule has 0 aliphatic rings. The van der Waals surface area contributed by atoms with Gasteiger partial charge in [-0.1, -0.05) is 121 Å². The molecular formula is C57H37N9. The molecular weight excluding hydrogens is 811 g/mol. The number of para-hydroxylation sites is 1. The van der Waals surface area contributed by atoms with E-state index in [4.69, 9.17) is 24.9 Å². The summed E-state index contributed by atoms with van der Waals surface area (Å²) in [5, 5.41) is 1.99. The van der Waals surface area contributed by atoms with Crippen molar-refractivity contribution in [1.82, 2.24) is 39.5 Å². The summed E-state index contributed by atoms with van der Waals surface area (Å²) in [7, 11) is 0. The topological polar surface area (TPSA) is 98.4 Å². The van der Waals surface area contributed by atoms with Crippen LogP contribution in [-0.4, -0.2) is 39.5 Å². The maximum Gasteiger partial charge on any atom is 0.238 e. The number of fused-ring (bicyclic) bond motifs is 4. The van der Waals surface area contributed by atoms with Gasteiger partial charge in [-0.05, 0) is 96.1 Å². The van der Waals surface area contributed by atoms with Crippen LogP contribution in [0.25, 0.3) is 95.2 Å². The lowest BCUT2D eigenvalue weighted by Gasteiger charge is -2.25. The molecule has 0 bridgehead atoms. The molecule has 0 amide bonds. The molecule has 0 N–H and O–H groups in total. The first-order valence-corrected chi connectivity index (χ1v) is 21.7. The Morgan fingerprint density at radius 3 is 1.59 bits per heavy atom. The predicted molar refractivity (Wildman–Crippen MR) is 265 cm³/mol. The van der Waals surface area contributed by atoms with Crippen molar-refractivity contribution in [3.05, 3.63) is 225 Å². The summed E-state index contributed by atoms with van der Waals surface area (Å²) < 4.78 is 2.12. The first-order chi connectivity index (χ1) is 32.7. The molecule has 0 saturated carbocycles. The fourth-order valence-corrected chi connectivity index (χ4v) is 8.63. The van der Waals surface area contributed by atoms with Crippen LogP contribution in [0.3, 0.4) is 0 Å². The van der Waals surface area contributed by atoms with Crippen molar-refractivity contribution in [3.63, 3.8) is 0 Å². The number of nitrogens with zero attached hydrogens (tertiary/aromatic N) is 9. The van der Waals surface area contributed by atoms with Crippen LogP contribution >= 0.6 is 0 Å². The van der Waals surface area contributed by atoms with E-state index in [-0.39, 0.29) is 0 Å². The van der Waals surface area contributed by atoms with Crippen LogP contribution in [-0.2, 0) is 0 Å². The van der Waals surface area contributed by atoms with Gasteiger partial charge in [-0.3, -0.25) is 19.4 Å². The number of hydrogen-bond donors (Lipinski definition) is 0. The average Bonchev–Trinajstić information content (AvgIpc) is 3.71. The zero-order valence-corrected chi connectivity index (χ0v) is 35.4. The summed E-state index contributed by atoms with van der Waals surface area (Å²) >= 11 is 0. The summed E-state index contributed by atoms with van der Waals surface area (Å²) in [5.41, 5.74) is 13.1. The van der Waals surface area contributed by atoms with Gasteiger partial charge in [-0.15, -0.1) is 0 Å². The van der Waals surface area contributed by atoms with Gasteiger partial charge in [0.2, 0.25) is 5.95 Å². The van der Waals surface area contributed by atoms with Crippen molar-refractivity contribution in [2.75, 3.05) is 4.90 Å². The highest BCUT2D eigenvalue weighted by Gasteiger charge is 2.21.